The van der Waals surface area contributed by atoms with E-state index >= 15 is 0 Å². The van der Waals surface area contributed by atoms with E-state index in [1.54, 1.807) is 0 Å². The lowest BCUT2D eigenvalue weighted by atomic mass is 10.00. The zero-order chi connectivity index (χ0) is 11.1. The Morgan fingerprint density at radius 2 is 2.07 bits per heavy atom. The van der Waals surface area contributed by atoms with E-state index in [1.807, 2.05) is 0 Å². The summed E-state index contributed by atoms with van der Waals surface area (Å²) in [5.74, 6) is 0.170. The van der Waals surface area contributed by atoms with Gasteiger partial charge in [0, 0.05) is 12.5 Å². The van der Waals surface area contributed by atoms with Crippen molar-refractivity contribution in [3.63, 3.8) is 0 Å². The fraction of sp³-hybridized carbons (Fsp3) is 0.917. The maximum absolute atomic E-state index is 10.3. The van der Waals surface area contributed by atoms with Gasteiger partial charge in [-0.3, -0.25) is 4.79 Å². The zero-order valence-electron chi connectivity index (χ0n) is 9.67. The first-order chi connectivity index (χ1) is 7.20. The van der Waals surface area contributed by atoms with Crippen molar-refractivity contribution in [3.8, 4) is 0 Å². The molecule has 0 aliphatic heterocycles. The van der Waals surface area contributed by atoms with Gasteiger partial charge in [0.05, 0.1) is 0 Å². The van der Waals surface area contributed by atoms with Crippen molar-refractivity contribution in [2.75, 3.05) is 6.54 Å². The van der Waals surface area contributed by atoms with Gasteiger partial charge in [-0.15, -0.1) is 0 Å². The van der Waals surface area contributed by atoms with Crippen molar-refractivity contribution < 1.29 is 9.90 Å². The molecule has 0 aromatic rings. The minimum Gasteiger partial charge on any atom is -0.481 e. The zero-order valence-corrected chi connectivity index (χ0v) is 9.67. The minimum atomic E-state index is -0.682. The molecule has 0 aromatic heterocycles. The highest BCUT2D eigenvalue weighted by molar-refractivity contribution is 5.66. The summed E-state index contributed by atoms with van der Waals surface area (Å²) >= 11 is 0. The quantitative estimate of drug-likeness (QED) is 0.638. The monoisotopic (exact) mass is 213 g/mol. The molecule has 1 atom stereocenters. The molecule has 0 amide bonds. The van der Waals surface area contributed by atoms with Crippen LogP contribution in [-0.2, 0) is 4.79 Å². The lowest BCUT2D eigenvalue weighted by Gasteiger charge is -2.20. The van der Waals surface area contributed by atoms with Crippen molar-refractivity contribution >= 4 is 5.97 Å². The van der Waals surface area contributed by atoms with Gasteiger partial charge < -0.3 is 10.4 Å². The molecule has 1 aliphatic rings. The molecule has 1 aliphatic carbocycles. The Hall–Kier alpha value is -0.570. The minimum absolute atomic E-state index is 0.305. The molecule has 15 heavy (non-hydrogen) atoms. The Morgan fingerprint density at radius 1 is 1.40 bits per heavy atom. The van der Waals surface area contributed by atoms with Crippen molar-refractivity contribution in [3.05, 3.63) is 0 Å². The molecule has 0 spiro atoms. The third kappa shape index (κ3) is 5.17. The third-order valence-electron chi connectivity index (χ3n) is 3.39. The first kappa shape index (κ1) is 12.5. The molecule has 88 valence electrons. The van der Waals surface area contributed by atoms with Gasteiger partial charge in [-0.2, -0.15) is 0 Å². The van der Waals surface area contributed by atoms with Gasteiger partial charge in [-0.1, -0.05) is 12.8 Å². The maximum atomic E-state index is 10.3. The molecule has 0 saturated heterocycles. The van der Waals surface area contributed by atoms with Crippen LogP contribution in [0.5, 0.6) is 0 Å². The summed E-state index contributed by atoms with van der Waals surface area (Å²) in [6.45, 7) is 3.22. The second kappa shape index (κ2) is 6.83. The van der Waals surface area contributed by atoms with E-state index in [0.29, 0.717) is 12.5 Å². The number of unbranched alkanes of at least 4 members (excludes halogenated alkanes) is 1. The molecule has 2 N–H and O–H groups in total. The molecule has 0 bridgehead atoms. The number of aliphatic carboxylic acids is 1. The summed E-state index contributed by atoms with van der Waals surface area (Å²) in [6.07, 6.45) is 7.57. The standard InChI is InChI=1S/C12H23NO2/c1-10(11-6-2-3-7-11)13-9-5-4-8-12(14)15/h10-11,13H,2-9H2,1H3,(H,14,15)/t10-/m1/s1. The molecule has 1 fully saturated rings. The smallest absolute Gasteiger partial charge is 0.303 e. The summed E-state index contributed by atoms with van der Waals surface area (Å²) in [5.41, 5.74) is 0. The molecule has 0 radical (unpaired) electrons. The second-order valence-electron chi connectivity index (χ2n) is 4.64. The van der Waals surface area contributed by atoms with Gasteiger partial charge in [0.15, 0.2) is 0 Å². The van der Waals surface area contributed by atoms with Gasteiger partial charge in [0.25, 0.3) is 0 Å². The summed E-state index contributed by atoms with van der Waals surface area (Å²) < 4.78 is 0. The number of rotatable bonds is 7. The van der Waals surface area contributed by atoms with Gasteiger partial charge in [-0.05, 0) is 45.1 Å². The first-order valence-corrected chi connectivity index (χ1v) is 6.15. The summed E-state index contributed by atoms with van der Waals surface area (Å²) in [5, 5.41) is 12.0. The molecule has 3 nitrogen and oxygen atoms in total. The number of carbonyl (C=O) groups is 1. The predicted molar refractivity (Wildman–Crippen MR) is 60.9 cm³/mol. The van der Waals surface area contributed by atoms with Crippen LogP contribution in [0.4, 0.5) is 0 Å². The molecule has 1 rings (SSSR count). The third-order valence-corrected chi connectivity index (χ3v) is 3.39. The topological polar surface area (TPSA) is 49.3 Å². The summed E-state index contributed by atoms with van der Waals surface area (Å²) in [6, 6.07) is 0.609. The van der Waals surface area contributed by atoms with E-state index in [1.165, 1.54) is 25.7 Å². The molecule has 3 heteroatoms. The van der Waals surface area contributed by atoms with Gasteiger partial charge in [0.2, 0.25) is 0 Å². The van der Waals surface area contributed by atoms with Crippen LogP contribution in [-0.4, -0.2) is 23.7 Å². The summed E-state index contributed by atoms with van der Waals surface area (Å²) in [4.78, 5) is 10.3. The van der Waals surface area contributed by atoms with E-state index < -0.39 is 5.97 Å². The predicted octanol–water partition coefficient (Wildman–Crippen LogP) is 2.41. The van der Waals surface area contributed by atoms with Crippen LogP contribution in [0.25, 0.3) is 0 Å². The number of carboxylic acids is 1. The Kier molecular flexibility index (Phi) is 5.69. The van der Waals surface area contributed by atoms with E-state index in [9.17, 15) is 4.79 Å². The van der Waals surface area contributed by atoms with Gasteiger partial charge >= 0.3 is 5.97 Å². The lowest BCUT2D eigenvalue weighted by molar-refractivity contribution is -0.137. The van der Waals surface area contributed by atoms with Crippen LogP contribution >= 0.6 is 0 Å². The maximum Gasteiger partial charge on any atom is 0.303 e. The Bertz CT molecular complexity index is 188. The number of hydrogen-bond donors (Lipinski definition) is 2. The van der Waals surface area contributed by atoms with Gasteiger partial charge in [-0.25, -0.2) is 0 Å². The molecular weight excluding hydrogens is 190 g/mol. The highest BCUT2D eigenvalue weighted by Crippen LogP contribution is 2.27. The van der Waals surface area contributed by atoms with Crippen LogP contribution in [0.1, 0.15) is 51.9 Å². The van der Waals surface area contributed by atoms with E-state index in [2.05, 4.69) is 12.2 Å². The molecule has 0 unspecified atom stereocenters. The normalized spacial score (nSPS) is 19.3. The fourth-order valence-corrected chi connectivity index (χ4v) is 2.36. The number of nitrogens with one attached hydrogen (secondary N) is 1. The molecule has 0 heterocycles. The number of hydrogen-bond acceptors (Lipinski definition) is 2. The van der Waals surface area contributed by atoms with Crippen LogP contribution < -0.4 is 5.32 Å². The molecular formula is C12H23NO2. The highest BCUT2D eigenvalue weighted by atomic mass is 16.4. The fourth-order valence-electron chi connectivity index (χ4n) is 2.36. The average molecular weight is 213 g/mol. The average Bonchev–Trinajstić information content (AvgIpc) is 2.69. The van der Waals surface area contributed by atoms with Crippen LogP contribution in [0.3, 0.4) is 0 Å². The number of carboxylic acid groups (broad SMARTS) is 1. The van der Waals surface area contributed by atoms with Crippen molar-refractivity contribution in [1.82, 2.24) is 5.32 Å². The molecule has 1 saturated carbocycles. The Balaban J connectivity index is 1.96. The van der Waals surface area contributed by atoms with E-state index in [-0.39, 0.29) is 0 Å². The summed E-state index contributed by atoms with van der Waals surface area (Å²) in [7, 11) is 0. The van der Waals surface area contributed by atoms with Gasteiger partial charge in [0.1, 0.15) is 0 Å². The van der Waals surface area contributed by atoms with Crippen LogP contribution in [0.15, 0.2) is 0 Å². The lowest BCUT2D eigenvalue weighted by Crippen LogP contribution is -2.32. The Labute approximate surface area is 92.3 Å². The molecule has 0 aromatic carbocycles. The van der Waals surface area contributed by atoms with Crippen LogP contribution in [0, 0.1) is 5.92 Å². The largest absolute Gasteiger partial charge is 0.481 e. The van der Waals surface area contributed by atoms with E-state index in [4.69, 9.17) is 5.11 Å². The Morgan fingerprint density at radius 3 is 2.67 bits per heavy atom. The van der Waals surface area contributed by atoms with Crippen molar-refractivity contribution in [1.29, 1.82) is 0 Å². The van der Waals surface area contributed by atoms with Crippen LogP contribution in [0.2, 0.25) is 0 Å². The first-order valence-electron chi connectivity index (χ1n) is 6.15. The second-order valence-corrected chi connectivity index (χ2v) is 4.64. The van der Waals surface area contributed by atoms with Crippen molar-refractivity contribution in [2.45, 2.75) is 57.9 Å². The van der Waals surface area contributed by atoms with E-state index in [0.717, 1.165) is 25.3 Å². The van der Waals surface area contributed by atoms with Crippen molar-refractivity contribution in [2.24, 2.45) is 5.92 Å². The SMILES string of the molecule is C[C@@H](NCCCCC(=O)O)C1CCCC1. The highest BCUT2D eigenvalue weighted by Gasteiger charge is 2.20.